The van der Waals surface area contributed by atoms with Crippen LogP contribution in [0.3, 0.4) is 0 Å². The van der Waals surface area contributed by atoms with E-state index in [0.717, 1.165) is 109 Å². The molecule has 0 spiro atoms. The van der Waals surface area contributed by atoms with Crippen LogP contribution in [0.4, 0.5) is 0 Å². The fraction of sp³-hybridized carbons (Fsp3) is 0. The molecule has 0 radical (unpaired) electrons. The van der Waals surface area contributed by atoms with Gasteiger partial charge < -0.3 is 0 Å². The molecule has 14 rings (SSSR count). The van der Waals surface area contributed by atoms with Crippen LogP contribution in [0.5, 0.6) is 0 Å². The second-order valence-electron chi connectivity index (χ2n) is 16.9. The number of aromatic nitrogens is 10. The first-order valence-electron chi connectivity index (χ1n) is 22.3. The molecule has 6 heterocycles. The maximum absolute atomic E-state index is 5.24. The van der Waals surface area contributed by atoms with Crippen LogP contribution in [0, 0.1) is 0 Å². The average molecular weight is 869 g/mol. The standard InChI is InChI=1S/C58H32N10/c1-5-35-29-39(13-21-47(35)59-25-1)53-63-54(40-14-22-48-36(30-40)6-2-26-60-48)66-57(65-53)45-19-11-33-10-18-44-46(20-12-34-9-17-43(45)51(33)52(34)44)58-67-55(41-15-23-49-37(31-41)7-3-27-61-49)64-56(68-58)42-16-24-50-38(32-42)8-4-28-62-50/h1-32H. The number of rotatable bonds is 6. The summed E-state index contributed by atoms with van der Waals surface area (Å²) in [6, 6.07) is 57.9. The summed E-state index contributed by atoms with van der Waals surface area (Å²) in [4.78, 5) is 49.4. The lowest BCUT2D eigenvalue weighted by Gasteiger charge is -2.16. The van der Waals surface area contributed by atoms with Gasteiger partial charge >= 0.3 is 0 Å². The van der Waals surface area contributed by atoms with Crippen LogP contribution < -0.4 is 0 Å². The lowest BCUT2D eigenvalue weighted by atomic mass is 9.89. The van der Waals surface area contributed by atoms with Crippen LogP contribution in [-0.2, 0) is 0 Å². The highest BCUT2D eigenvalue weighted by molar-refractivity contribution is 6.27. The van der Waals surface area contributed by atoms with Crippen molar-refractivity contribution in [3.8, 4) is 68.3 Å². The Hall–Kier alpha value is -9.54. The van der Waals surface area contributed by atoms with Crippen molar-refractivity contribution in [2.75, 3.05) is 0 Å². The highest BCUT2D eigenvalue weighted by atomic mass is 15.0. The first kappa shape index (κ1) is 37.8. The maximum atomic E-state index is 5.24. The lowest BCUT2D eigenvalue weighted by Crippen LogP contribution is -2.02. The van der Waals surface area contributed by atoms with E-state index in [-0.39, 0.29) is 0 Å². The van der Waals surface area contributed by atoms with E-state index in [0.29, 0.717) is 34.9 Å². The van der Waals surface area contributed by atoms with Crippen molar-refractivity contribution in [1.29, 1.82) is 0 Å². The molecule has 0 saturated carbocycles. The van der Waals surface area contributed by atoms with Gasteiger partial charge in [-0.05, 0) is 142 Å². The minimum Gasteiger partial charge on any atom is -0.256 e. The van der Waals surface area contributed by atoms with E-state index in [1.807, 2.05) is 72.8 Å². The van der Waals surface area contributed by atoms with Crippen LogP contribution in [0.25, 0.3) is 144 Å². The number of fused-ring (bicyclic) bond motifs is 4. The van der Waals surface area contributed by atoms with Gasteiger partial charge in [0.2, 0.25) is 0 Å². The summed E-state index contributed by atoms with van der Waals surface area (Å²) in [6.07, 6.45) is 7.22. The summed E-state index contributed by atoms with van der Waals surface area (Å²) in [7, 11) is 0. The van der Waals surface area contributed by atoms with Crippen LogP contribution in [0.15, 0.2) is 195 Å². The molecule has 0 atom stereocenters. The third-order valence-electron chi connectivity index (χ3n) is 12.9. The summed E-state index contributed by atoms with van der Waals surface area (Å²) in [5, 5.41) is 10.5. The number of benzene rings is 8. The van der Waals surface area contributed by atoms with E-state index in [1.54, 1.807) is 24.8 Å². The smallest absolute Gasteiger partial charge is 0.164 e. The number of pyridine rings is 4. The first-order valence-corrected chi connectivity index (χ1v) is 22.3. The summed E-state index contributed by atoms with van der Waals surface area (Å²) in [6.45, 7) is 0. The summed E-state index contributed by atoms with van der Waals surface area (Å²) in [5.41, 5.74) is 8.90. The zero-order valence-corrected chi connectivity index (χ0v) is 35.9. The van der Waals surface area contributed by atoms with Gasteiger partial charge in [-0.3, -0.25) is 19.9 Å². The summed E-state index contributed by atoms with van der Waals surface area (Å²) < 4.78 is 0. The van der Waals surface area contributed by atoms with Crippen molar-refractivity contribution in [3.63, 3.8) is 0 Å². The van der Waals surface area contributed by atoms with E-state index in [1.165, 1.54) is 0 Å². The molecule has 10 heteroatoms. The fourth-order valence-corrected chi connectivity index (χ4v) is 9.56. The van der Waals surface area contributed by atoms with Gasteiger partial charge in [0.15, 0.2) is 34.9 Å². The van der Waals surface area contributed by atoms with E-state index in [9.17, 15) is 0 Å². The Labute approximate surface area is 387 Å². The van der Waals surface area contributed by atoms with Gasteiger partial charge in [-0.15, -0.1) is 0 Å². The summed E-state index contributed by atoms with van der Waals surface area (Å²) in [5.74, 6) is 3.43. The molecule has 68 heavy (non-hydrogen) atoms. The second kappa shape index (κ2) is 15.0. The van der Waals surface area contributed by atoms with Crippen LogP contribution in [0.2, 0.25) is 0 Å². The Morgan fingerprint density at radius 1 is 0.235 bits per heavy atom. The Bertz CT molecular complexity index is 3890. The van der Waals surface area contributed by atoms with Crippen molar-refractivity contribution in [2.24, 2.45) is 0 Å². The molecule has 0 bridgehead atoms. The van der Waals surface area contributed by atoms with Crippen molar-refractivity contribution < 1.29 is 0 Å². The molecule has 0 unspecified atom stereocenters. The van der Waals surface area contributed by atoms with Crippen molar-refractivity contribution in [2.45, 2.75) is 0 Å². The normalized spacial score (nSPS) is 11.8. The fourth-order valence-electron chi connectivity index (χ4n) is 9.56. The van der Waals surface area contributed by atoms with Gasteiger partial charge in [-0.25, -0.2) is 29.9 Å². The molecule has 0 saturated heterocycles. The molecule has 0 aliphatic heterocycles. The monoisotopic (exact) mass is 868 g/mol. The highest BCUT2D eigenvalue weighted by Crippen LogP contribution is 2.42. The zero-order chi connectivity index (χ0) is 44.7. The van der Waals surface area contributed by atoms with Crippen molar-refractivity contribution in [1.82, 2.24) is 49.8 Å². The Morgan fingerprint density at radius 3 is 0.853 bits per heavy atom. The van der Waals surface area contributed by atoms with Gasteiger partial charge in [0, 0.05) is 79.7 Å². The van der Waals surface area contributed by atoms with Gasteiger partial charge in [-0.2, -0.15) is 0 Å². The number of nitrogens with zero attached hydrogens (tertiary/aromatic N) is 10. The Morgan fingerprint density at radius 2 is 0.529 bits per heavy atom. The molecule has 314 valence electrons. The number of hydrogen-bond donors (Lipinski definition) is 0. The lowest BCUT2D eigenvalue weighted by molar-refractivity contribution is 1.08. The van der Waals surface area contributed by atoms with E-state index < -0.39 is 0 Å². The molecular formula is C58H32N10. The van der Waals surface area contributed by atoms with E-state index in [2.05, 4.69) is 117 Å². The van der Waals surface area contributed by atoms with Crippen molar-refractivity contribution in [3.05, 3.63) is 195 Å². The SMILES string of the molecule is c1cnc2ccc(-c3nc(-c4ccc5ncccc5c4)nc(-c4ccc5ccc6c(-c7nc(-c8ccc9ncccc9c8)nc(-c8ccc9ncccc9c8)n7)ccc7ccc4c5c76)n3)cc2c1. The van der Waals surface area contributed by atoms with Crippen LogP contribution >= 0.6 is 0 Å². The van der Waals surface area contributed by atoms with Gasteiger partial charge in [0.25, 0.3) is 0 Å². The number of hydrogen-bond acceptors (Lipinski definition) is 10. The topological polar surface area (TPSA) is 129 Å². The third-order valence-corrected chi connectivity index (χ3v) is 12.9. The zero-order valence-electron chi connectivity index (χ0n) is 35.9. The molecule has 10 nitrogen and oxygen atoms in total. The molecular weight excluding hydrogens is 837 g/mol. The molecule has 0 amide bonds. The van der Waals surface area contributed by atoms with Gasteiger partial charge in [0.1, 0.15) is 0 Å². The van der Waals surface area contributed by atoms with E-state index >= 15 is 0 Å². The quantitative estimate of drug-likeness (QED) is 0.149. The molecule has 6 aromatic heterocycles. The molecule has 0 aliphatic rings. The minimum atomic E-state index is 0.571. The third kappa shape index (κ3) is 6.27. The summed E-state index contributed by atoms with van der Waals surface area (Å²) >= 11 is 0. The highest BCUT2D eigenvalue weighted by Gasteiger charge is 2.21. The van der Waals surface area contributed by atoms with Crippen LogP contribution in [-0.4, -0.2) is 49.8 Å². The predicted molar refractivity (Wildman–Crippen MR) is 271 cm³/mol. The van der Waals surface area contributed by atoms with Gasteiger partial charge in [0.05, 0.1) is 22.1 Å². The van der Waals surface area contributed by atoms with Gasteiger partial charge in [-0.1, -0.05) is 60.7 Å². The van der Waals surface area contributed by atoms with Crippen LogP contribution in [0.1, 0.15) is 0 Å². The largest absolute Gasteiger partial charge is 0.256 e. The Kier molecular flexibility index (Phi) is 8.34. The minimum absolute atomic E-state index is 0.571. The van der Waals surface area contributed by atoms with E-state index in [4.69, 9.17) is 29.9 Å². The molecule has 0 N–H and O–H groups in total. The molecule has 0 fully saturated rings. The second-order valence-corrected chi connectivity index (χ2v) is 16.9. The first-order chi connectivity index (χ1) is 33.6. The molecule has 14 aromatic rings. The molecule has 8 aromatic carbocycles. The van der Waals surface area contributed by atoms with Crippen molar-refractivity contribution >= 4 is 75.9 Å². The average Bonchev–Trinajstić information content (AvgIpc) is 3.41. The Balaban J connectivity index is 0.972. The molecule has 0 aliphatic carbocycles. The maximum Gasteiger partial charge on any atom is 0.164 e. The predicted octanol–water partition coefficient (Wildman–Crippen LogP) is 13.1.